The van der Waals surface area contributed by atoms with Gasteiger partial charge in [0.05, 0.1) is 6.10 Å². The number of hydrogen-bond acceptors (Lipinski definition) is 2. The molecule has 0 spiro atoms. The summed E-state index contributed by atoms with van der Waals surface area (Å²) in [6.45, 7) is 7.58. The Balaban J connectivity index is 2.02. The summed E-state index contributed by atoms with van der Waals surface area (Å²) in [4.78, 5) is 0. The van der Waals surface area contributed by atoms with E-state index in [1.807, 2.05) is 0 Å². The minimum absolute atomic E-state index is 0.444. The highest BCUT2D eigenvalue weighted by molar-refractivity contribution is 5.38. The van der Waals surface area contributed by atoms with Crippen molar-refractivity contribution in [1.82, 2.24) is 5.32 Å². The zero-order valence-corrected chi connectivity index (χ0v) is 13.5. The highest BCUT2D eigenvalue weighted by atomic mass is 16.5. The molecule has 2 rings (SSSR count). The molecule has 0 saturated carbocycles. The molecule has 2 unspecified atom stereocenters. The predicted octanol–water partition coefficient (Wildman–Crippen LogP) is 4.22. The van der Waals surface area contributed by atoms with Crippen LogP contribution in [0, 0.1) is 20.8 Å². The highest BCUT2D eigenvalue weighted by Gasteiger charge is 2.18. The molecule has 1 aromatic rings. The molecule has 112 valence electrons. The van der Waals surface area contributed by atoms with E-state index in [0.29, 0.717) is 12.1 Å². The topological polar surface area (TPSA) is 21.3 Å². The number of rotatable bonds is 5. The maximum atomic E-state index is 5.85. The molecule has 1 heterocycles. The van der Waals surface area contributed by atoms with Gasteiger partial charge in [0.15, 0.2) is 0 Å². The van der Waals surface area contributed by atoms with Gasteiger partial charge in [-0.3, -0.25) is 0 Å². The molecule has 1 aliphatic rings. The Morgan fingerprint density at radius 3 is 2.55 bits per heavy atom. The Labute approximate surface area is 123 Å². The zero-order chi connectivity index (χ0) is 14.5. The van der Waals surface area contributed by atoms with Crippen molar-refractivity contribution in [2.24, 2.45) is 0 Å². The van der Waals surface area contributed by atoms with Crippen LogP contribution in [-0.4, -0.2) is 19.8 Å². The molecule has 0 bridgehead atoms. The van der Waals surface area contributed by atoms with Crippen molar-refractivity contribution < 1.29 is 4.74 Å². The van der Waals surface area contributed by atoms with Crippen LogP contribution in [0.3, 0.4) is 0 Å². The number of nitrogens with one attached hydrogen (secondary N) is 1. The van der Waals surface area contributed by atoms with E-state index < -0.39 is 0 Å². The first-order valence-electron chi connectivity index (χ1n) is 7.98. The molecule has 2 nitrogen and oxygen atoms in total. The average molecular weight is 275 g/mol. The predicted molar refractivity (Wildman–Crippen MR) is 85.3 cm³/mol. The van der Waals surface area contributed by atoms with Crippen LogP contribution in [0.4, 0.5) is 0 Å². The van der Waals surface area contributed by atoms with E-state index in [2.05, 4.69) is 45.3 Å². The second-order valence-corrected chi connectivity index (χ2v) is 6.20. The van der Waals surface area contributed by atoms with Gasteiger partial charge in [0.2, 0.25) is 0 Å². The summed E-state index contributed by atoms with van der Waals surface area (Å²) in [7, 11) is 2.07. The molecule has 0 amide bonds. The van der Waals surface area contributed by atoms with Gasteiger partial charge in [0.1, 0.15) is 0 Å². The van der Waals surface area contributed by atoms with Crippen LogP contribution in [0.2, 0.25) is 0 Å². The largest absolute Gasteiger partial charge is 0.378 e. The third-order valence-corrected chi connectivity index (χ3v) is 4.66. The first-order chi connectivity index (χ1) is 9.61. The summed E-state index contributed by atoms with van der Waals surface area (Å²) in [5.74, 6) is 0. The van der Waals surface area contributed by atoms with Gasteiger partial charge in [-0.05, 0) is 82.2 Å². The fourth-order valence-electron chi connectivity index (χ4n) is 3.20. The van der Waals surface area contributed by atoms with Gasteiger partial charge in [-0.15, -0.1) is 0 Å². The summed E-state index contributed by atoms with van der Waals surface area (Å²) in [6.07, 6.45) is 6.61. The highest BCUT2D eigenvalue weighted by Crippen LogP contribution is 2.27. The molecule has 2 atom stereocenters. The molecule has 0 aliphatic carbocycles. The second-order valence-electron chi connectivity index (χ2n) is 6.20. The van der Waals surface area contributed by atoms with Gasteiger partial charge in [-0.25, -0.2) is 0 Å². The maximum absolute atomic E-state index is 5.85. The average Bonchev–Trinajstić information content (AvgIpc) is 2.46. The van der Waals surface area contributed by atoms with Crippen molar-refractivity contribution in [2.75, 3.05) is 13.7 Å². The minimum Gasteiger partial charge on any atom is -0.378 e. The van der Waals surface area contributed by atoms with Crippen molar-refractivity contribution in [3.05, 3.63) is 34.4 Å². The van der Waals surface area contributed by atoms with Crippen molar-refractivity contribution in [1.29, 1.82) is 0 Å². The van der Waals surface area contributed by atoms with E-state index >= 15 is 0 Å². The van der Waals surface area contributed by atoms with Gasteiger partial charge in [-0.2, -0.15) is 0 Å². The Kier molecular flexibility index (Phi) is 5.62. The summed E-state index contributed by atoms with van der Waals surface area (Å²) in [6, 6.07) is 5.11. The van der Waals surface area contributed by atoms with Gasteiger partial charge in [0, 0.05) is 12.6 Å². The molecule has 1 fully saturated rings. The molecule has 1 N–H and O–H groups in total. The zero-order valence-electron chi connectivity index (χ0n) is 13.5. The van der Waals surface area contributed by atoms with Gasteiger partial charge in [-0.1, -0.05) is 12.1 Å². The molecular weight excluding hydrogens is 246 g/mol. The number of aryl methyl sites for hydroxylation is 3. The summed E-state index contributed by atoms with van der Waals surface area (Å²) in [5, 5.41) is 3.49. The van der Waals surface area contributed by atoms with Crippen molar-refractivity contribution >= 4 is 0 Å². The number of hydrogen-bond donors (Lipinski definition) is 1. The van der Waals surface area contributed by atoms with Crippen LogP contribution in [0.5, 0.6) is 0 Å². The van der Waals surface area contributed by atoms with Crippen molar-refractivity contribution in [2.45, 2.75) is 65.0 Å². The fraction of sp³-hybridized carbons (Fsp3) is 0.667. The summed E-state index contributed by atoms with van der Waals surface area (Å²) < 4.78 is 5.85. The van der Waals surface area contributed by atoms with E-state index in [1.165, 1.54) is 41.5 Å². The fourth-order valence-corrected chi connectivity index (χ4v) is 3.20. The number of ether oxygens (including phenoxy) is 1. The normalized spacial score (nSPS) is 20.9. The van der Waals surface area contributed by atoms with E-state index in [0.717, 1.165) is 19.4 Å². The van der Waals surface area contributed by atoms with E-state index in [1.54, 1.807) is 0 Å². The van der Waals surface area contributed by atoms with Crippen molar-refractivity contribution in [3.63, 3.8) is 0 Å². The second kappa shape index (κ2) is 7.24. The van der Waals surface area contributed by atoms with Crippen LogP contribution >= 0.6 is 0 Å². The van der Waals surface area contributed by atoms with E-state index in [-0.39, 0.29) is 0 Å². The van der Waals surface area contributed by atoms with Crippen LogP contribution in [0.25, 0.3) is 0 Å². The molecule has 0 aromatic heterocycles. The standard InChI is InChI=1S/C18H29NO/c1-13-11-15(3)17(12-14(13)2)18(19-4)9-8-16-7-5-6-10-20-16/h11-12,16,18-19H,5-10H2,1-4H3. The summed E-state index contributed by atoms with van der Waals surface area (Å²) >= 11 is 0. The molecule has 1 aromatic carbocycles. The maximum Gasteiger partial charge on any atom is 0.0575 e. The van der Waals surface area contributed by atoms with Crippen LogP contribution in [-0.2, 0) is 4.74 Å². The SMILES string of the molecule is CNC(CCC1CCCCO1)c1cc(C)c(C)cc1C. The van der Waals surface area contributed by atoms with Crippen molar-refractivity contribution in [3.8, 4) is 0 Å². The Morgan fingerprint density at radius 1 is 1.15 bits per heavy atom. The molecule has 2 heteroatoms. The van der Waals surface area contributed by atoms with Crippen LogP contribution in [0.1, 0.15) is 60.4 Å². The lowest BCUT2D eigenvalue weighted by Gasteiger charge is -2.26. The van der Waals surface area contributed by atoms with Gasteiger partial charge >= 0.3 is 0 Å². The minimum atomic E-state index is 0.444. The lowest BCUT2D eigenvalue weighted by atomic mass is 9.92. The third kappa shape index (κ3) is 3.83. The van der Waals surface area contributed by atoms with Crippen LogP contribution < -0.4 is 5.32 Å². The lowest BCUT2D eigenvalue weighted by Crippen LogP contribution is -2.23. The Morgan fingerprint density at radius 2 is 1.90 bits per heavy atom. The Hall–Kier alpha value is -0.860. The molecule has 1 aliphatic heterocycles. The third-order valence-electron chi connectivity index (χ3n) is 4.66. The molecule has 0 radical (unpaired) electrons. The van der Waals surface area contributed by atoms with E-state index in [4.69, 9.17) is 4.74 Å². The quantitative estimate of drug-likeness (QED) is 0.868. The first kappa shape index (κ1) is 15.5. The molecular formula is C18H29NO. The van der Waals surface area contributed by atoms with Gasteiger partial charge in [0.25, 0.3) is 0 Å². The lowest BCUT2D eigenvalue weighted by molar-refractivity contribution is 0.00865. The monoisotopic (exact) mass is 275 g/mol. The summed E-state index contributed by atoms with van der Waals surface area (Å²) in [5.41, 5.74) is 5.62. The molecule has 20 heavy (non-hydrogen) atoms. The smallest absolute Gasteiger partial charge is 0.0575 e. The van der Waals surface area contributed by atoms with Gasteiger partial charge < -0.3 is 10.1 Å². The first-order valence-corrected chi connectivity index (χ1v) is 7.98. The molecule has 1 saturated heterocycles. The van der Waals surface area contributed by atoms with E-state index in [9.17, 15) is 0 Å². The number of benzene rings is 1. The van der Waals surface area contributed by atoms with Crippen LogP contribution in [0.15, 0.2) is 12.1 Å². The Bertz CT molecular complexity index is 435.